The highest BCUT2D eigenvalue weighted by Gasteiger charge is 2.31. The van der Waals surface area contributed by atoms with E-state index in [1.807, 2.05) is 0 Å². The van der Waals surface area contributed by atoms with Gasteiger partial charge < -0.3 is 10.5 Å². The summed E-state index contributed by atoms with van der Waals surface area (Å²) in [5.41, 5.74) is 4.94. The molecular formula is C8H15F2NO. The minimum atomic E-state index is -2.68. The summed E-state index contributed by atoms with van der Waals surface area (Å²) in [5.74, 6) is -2.58. The topological polar surface area (TPSA) is 35.2 Å². The van der Waals surface area contributed by atoms with Gasteiger partial charge in [0.25, 0.3) is 5.92 Å². The van der Waals surface area contributed by atoms with E-state index < -0.39 is 12.5 Å². The molecule has 12 heavy (non-hydrogen) atoms. The Morgan fingerprint density at radius 1 is 1.33 bits per heavy atom. The SMILES string of the molecule is NCC(F)(F)CC1CCOCC1. The predicted molar refractivity (Wildman–Crippen MR) is 42.2 cm³/mol. The summed E-state index contributed by atoms with van der Waals surface area (Å²) in [6, 6.07) is 0. The summed E-state index contributed by atoms with van der Waals surface area (Å²) in [7, 11) is 0. The maximum absolute atomic E-state index is 12.8. The fraction of sp³-hybridized carbons (Fsp3) is 1.00. The Balaban J connectivity index is 2.28. The fourth-order valence-corrected chi connectivity index (χ4v) is 1.46. The van der Waals surface area contributed by atoms with Crippen LogP contribution in [0, 0.1) is 5.92 Å². The van der Waals surface area contributed by atoms with Gasteiger partial charge in [-0.25, -0.2) is 8.78 Å². The normalized spacial score (nSPS) is 21.2. The van der Waals surface area contributed by atoms with Crippen LogP contribution in [0.1, 0.15) is 19.3 Å². The third kappa shape index (κ3) is 3.03. The second-order valence-corrected chi connectivity index (χ2v) is 3.32. The molecule has 4 heteroatoms. The maximum atomic E-state index is 12.8. The predicted octanol–water partition coefficient (Wildman–Crippen LogP) is 1.40. The van der Waals surface area contributed by atoms with Crippen LogP contribution >= 0.6 is 0 Å². The summed E-state index contributed by atoms with van der Waals surface area (Å²) >= 11 is 0. The highest BCUT2D eigenvalue weighted by molar-refractivity contribution is 4.74. The summed E-state index contributed by atoms with van der Waals surface area (Å²) < 4.78 is 30.6. The van der Waals surface area contributed by atoms with Crippen LogP contribution in [0.25, 0.3) is 0 Å². The van der Waals surface area contributed by atoms with Gasteiger partial charge in [-0.05, 0) is 18.8 Å². The molecule has 2 N–H and O–H groups in total. The maximum Gasteiger partial charge on any atom is 0.260 e. The number of hydrogen-bond acceptors (Lipinski definition) is 2. The average Bonchev–Trinajstić information content (AvgIpc) is 2.06. The first-order valence-electron chi connectivity index (χ1n) is 4.30. The molecule has 0 aromatic rings. The second kappa shape index (κ2) is 4.14. The number of nitrogens with two attached hydrogens (primary N) is 1. The van der Waals surface area contributed by atoms with Crippen molar-refractivity contribution in [3.8, 4) is 0 Å². The number of rotatable bonds is 3. The van der Waals surface area contributed by atoms with Gasteiger partial charge in [0, 0.05) is 19.6 Å². The Morgan fingerprint density at radius 3 is 2.42 bits per heavy atom. The Bertz CT molecular complexity index is 135. The molecule has 0 saturated carbocycles. The molecule has 0 aromatic carbocycles. The first kappa shape index (κ1) is 9.86. The van der Waals surface area contributed by atoms with Crippen LogP contribution in [0.5, 0.6) is 0 Å². The van der Waals surface area contributed by atoms with Gasteiger partial charge in [-0.1, -0.05) is 0 Å². The molecule has 0 bridgehead atoms. The molecule has 1 aliphatic heterocycles. The van der Waals surface area contributed by atoms with Crippen molar-refractivity contribution in [3.63, 3.8) is 0 Å². The van der Waals surface area contributed by atoms with Crippen LogP contribution in [0.4, 0.5) is 8.78 Å². The Kier molecular flexibility index (Phi) is 3.40. The van der Waals surface area contributed by atoms with E-state index in [0.29, 0.717) is 13.2 Å². The number of hydrogen-bond donors (Lipinski definition) is 1. The van der Waals surface area contributed by atoms with Gasteiger partial charge in [-0.3, -0.25) is 0 Å². The van der Waals surface area contributed by atoms with Crippen LogP contribution in [-0.4, -0.2) is 25.7 Å². The van der Waals surface area contributed by atoms with Gasteiger partial charge >= 0.3 is 0 Å². The number of ether oxygens (including phenoxy) is 1. The molecule has 0 unspecified atom stereocenters. The lowest BCUT2D eigenvalue weighted by Crippen LogP contribution is -2.32. The first-order chi connectivity index (χ1) is 5.64. The molecule has 0 amide bonds. The van der Waals surface area contributed by atoms with Gasteiger partial charge in [0.05, 0.1) is 6.54 Å². The molecule has 1 rings (SSSR count). The molecule has 0 aliphatic carbocycles. The largest absolute Gasteiger partial charge is 0.381 e. The molecule has 0 radical (unpaired) electrons. The van der Waals surface area contributed by atoms with Crippen molar-refractivity contribution in [3.05, 3.63) is 0 Å². The molecule has 1 saturated heterocycles. The molecule has 72 valence electrons. The zero-order valence-electron chi connectivity index (χ0n) is 7.06. The van der Waals surface area contributed by atoms with Gasteiger partial charge in [0.15, 0.2) is 0 Å². The number of alkyl halides is 2. The standard InChI is InChI=1S/C8H15F2NO/c9-8(10,6-11)5-7-1-3-12-4-2-7/h7H,1-6,11H2. The van der Waals surface area contributed by atoms with Crippen molar-refractivity contribution >= 4 is 0 Å². The third-order valence-corrected chi connectivity index (χ3v) is 2.23. The lowest BCUT2D eigenvalue weighted by Gasteiger charge is -2.25. The smallest absolute Gasteiger partial charge is 0.260 e. The zero-order chi connectivity index (χ0) is 9.03. The molecular weight excluding hydrogens is 164 g/mol. The van der Waals surface area contributed by atoms with E-state index in [1.54, 1.807) is 0 Å². The van der Waals surface area contributed by atoms with E-state index in [9.17, 15) is 8.78 Å². The Labute approximate surface area is 71.1 Å². The van der Waals surface area contributed by atoms with Crippen LogP contribution in [0.3, 0.4) is 0 Å². The van der Waals surface area contributed by atoms with E-state index in [0.717, 1.165) is 12.8 Å². The van der Waals surface area contributed by atoms with E-state index in [2.05, 4.69) is 0 Å². The van der Waals surface area contributed by atoms with Crippen molar-refractivity contribution in [2.24, 2.45) is 11.7 Å². The van der Waals surface area contributed by atoms with Gasteiger partial charge in [0.1, 0.15) is 0 Å². The van der Waals surface area contributed by atoms with Crippen LogP contribution in [0.2, 0.25) is 0 Å². The van der Waals surface area contributed by atoms with Crippen molar-refractivity contribution < 1.29 is 13.5 Å². The van der Waals surface area contributed by atoms with Gasteiger partial charge in [-0.15, -0.1) is 0 Å². The molecule has 1 fully saturated rings. The van der Waals surface area contributed by atoms with E-state index in [4.69, 9.17) is 10.5 Å². The van der Waals surface area contributed by atoms with E-state index in [1.165, 1.54) is 0 Å². The third-order valence-electron chi connectivity index (χ3n) is 2.23. The van der Waals surface area contributed by atoms with Crippen molar-refractivity contribution in [1.29, 1.82) is 0 Å². The highest BCUT2D eigenvalue weighted by Crippen LogP contribution is 2.28. The van der Waals surface area contributed by atoms with Crippen LogP contribution < -0.4 is 5.73 Å². The van der Waals surface area contributed by atoms with Crippen LogP contribution in [0.15, 0.2) is 0 Å². The molecule has 1 heterocycles. The average molecular weight is 179 g/mol. The van der Waals surface area contributed by atoms with Crippen molar-refractivity contribution in [1.82, 2.24) is 0 Å². The van der Waals surface area contributed by atoms with Crippen LogP contribution in [-0.2, 0) is 4.74 Å². The number of halogens is 2. The van der Waals surface area contributed by atoms with Crippen molar-refractivity contribution in [2.45, 2.75) is 25.2 Å². The quantitative estimate of drug-likeness (QED) is 0.710. The van der Waals surface area contributed by atoms with E-state index >= 15 is 0 Å². The Hall–Kier alpha value is -0.220. The van der Waals surface area contributed by atoms with Gasteiger partial charge in [0.2, 0.25) is 0 Å². The van der Waals surface area contributed by atoms with E-state index in [-0.39, 0.29) is 12.3 Å². The highest BCUT2D eigenvalue weighted by atomic mass is 19.3. The monoisotopic (exact) mass is 179 g/mol. The molecule has 1 aliphatic rings. The minimum absolute atomic E-state index is 0.0765. The summed E-state index contributed by atoms with van der Waals surface area (Å²) in [4.78, 5) is 0. The summed E-state index contributed by atoms with van der Waals surface area (Å²) in [6.45, 7) is 0.695. The van der Waals surface area contributed by atoms with Crippen molar-refractivity contribution in [2.75, 3.05) is 19.8 Å². The second-order valence-electron chi connectivity index (χ2n) is 3.32. The lowest BCUT2D eigenvalue weighted by atomic mass is 9.93. The minimum Gasteiger partial charge on any atom is -0.381 e. The lowest BCUT2D eigenvalue weighted by molar-refractivity contribution is -0.0341. The van der Waals surface area contributed by atoms with Gasteiger partial charge in [-0.2, -0.15) is 0 Å². The molecule has 0 aromatic heterocycles. The first-order valence-corrected chi connectivity index (χ1v) is 4.30. The Morgan fingerprint density at radius 2 is 1.92 bits per heavy atom. The molecule has 0 atom stereocenters. The summed E-state index contributed by atoms with van der Waals surface area (Å²) in [5, 5.41) is 0. The zero-order valence-corrected chi connectivity index (χ0v) is 7.06. The fourth-order valence-electron chi connectivity index (χ4n) is 1.46. The molecule has 0 spiro atoms. The molecule has 2 nitrogen and oxygen atoms in total. The summed E-state index contributed by atoms with van der Waals surface area (Å²) in [6.07, 6.45) is 1.41.